The molecule has 1 aromatic carbocycles. The molecule has 1 aliphatic rings. The Balaban J connectivity index is 2.21. The van der Waals surface area contributed by atoms with E-state index >= 15 is 0 Å². The van der Waals surface area contributed by atoms with Gasteiger partial charge in [0, 0.05) is 17.1 Å². The van der Waals surface area contributed by atoms with Crippen molar-refractivity contribution in [3.8, 4) is 0 Å². The number of hydrogen-bond acceptors (Lipinski definition) is 3. The molecule has 0 aliphatic heterocycles. The normalized spacial score (nSPS) is 23.1. The Hall–Kier alpha value is -1.29. The molecule has 0 radical (unpaired) electrons. The number of hydrogen-bond donors (Lipinski definition) is 1. The first-order chi connectivity index (χ1) is 9.11. The van der Waals surface area contributed by atoms with Crippen LogP contribution in [0.2, 0.25) is 5.02 Å². The summed E-state index contributed by atoms with van der Waals surface area (Å²) in [5.74, 6) is 0.590. The first-order valence-electron chi connectivity index (χ1n) is 6.82. The Morgan fingerprint density at radius 1 is 1.42 bits per heavy atom. The van der Waals surface area contributed by atoms with Gasteiger partial charge >= 0.3 is 0 Å². The van der Waals surface area contributed by atoms with Crippen molar-refractivity contribution in [2.24, 2.45) is 5.92 Å². The summed E-state index contributed by atoms with van der Waals surface area (Å²) in [5.41, 5.74) is 0.646. The van der Waals surface area contributed by atoms with E-state index in [1.807, 2.05) is 0 Å². The summed E-state index contributed by atoms with van der Waals surface area (Å²) in [7, 11) is 0. The molecule has 0 bridgehead atoms. The number of nitro groups is 1. The third-order valence-corrected chi connectivity index (χ3v) is 4.16. The first kappa shape index (κ1) is 14.1. The summed E-state index contributed by atoms with van der Waals surface area (Å²) in [6.07, 6.45) is 5.81. The highest BCUT2D eigenvalue weighted by Gasteiger charge is 2.25. The van der Waals surface area contributed by atoms with Crippen LogP contribution in [0.15, 0.2) is 18.2 Å². The van der Waals surface area contributed by atoms with E-state index in [9.17, 15) is 10.1 Å². The number of nitro benzene ring substituents is 1. The first-order valence-corrected chi connectivity index (χ1v) is 7.20. The zero-order valence-corrected chi connectivity index (χ0v) is 11.8. The molecule has 19 heavy (non-hydrogen) atoms. The summed E-state index contributed by atoms with van der Waals surface area (Å²) >= 11 is 5.95. The molecule has 2 atom stereocenters. The SMILES string of the molecule is CCC1CCCCC1Nc1cc(Cl)ccc1[N+](=O)[O-]. The smallest absolute Gasteiger partial charge is 0.292 e. The highest BCUT2D eigenvalue weighted by atomic mass is 35.5. The predicted molar refractivity (Wildman–Crippen MR) is 77.8 cm³/mol. The quantitative estimate of drug-likeness (QED) is 0.647. The van der Waals surface area contributed by atoms with Gasteiger partial charge in [-0.1, -0.05) is 37.8 Å². The van der Waals surface area contributed by atoms with Crippen molar-refractivity contribution >= 4 is 23.0 Å². The van der Waals surface area contributed by atoms with E-state index < -0.39 is 0 Å². The largest absolute Gasteiger partial charge is 0.376 e. The van der Waals surface area contributed by atoms with E-state index in [0.29, 0.717) is 22.7 Å². The van der Waals surface area contributed by atoms with Crippen LogP contribution in [0.5, 0.6) is 0 Å². The number of nitrogens with one attached hydrogen (secondary N) is 1. The zero-order valence-electron chi connectivity index (χ0n) is 11.1. The molecule has 1 saturated carbocycles. The van der Waals surface area contributed by atoms with Crippen molar-refractivity contribution in [1.82, 2.24) is 0 Å². The summed E-state index contributed by atoms with van der Waals surface area (Å²) in [5, 5.41) is 14.9. The van der Waals surface area contributed by atoms with E-state index in [1.165, 1.54) is 25.3 Å². The van der Waals surface area contributed by atoms with Gasteiger partial charge in [-0.05, 0) is 30.9 Å². The Bertz CT molecular complexity index is 465. The molecule has 1 aromatic rings. The fourth-order valence-electron chi connectivity index (χ4n) is 2.87. The van der Waals surface area contributed by atoms with Gasteiger partial charge in [-0.15, -0.1) is 0 Å². The lowest BCUT2D eigenvalue weighted by molar-refractivity contribution is -0.384. The maximum atomic E-state index is 11.0. The minimum Gasteiger partial charge on any atom is -0.376 e. The average molecular weight is 283 g/mol. The minimum atomic E-state index is -0.359. The van der Waals surface area contributed by atoms with Crippen LogP contribution < -0.4 is 5.32 Å². The standard InChI is InChI=1S/C14H19ClN2O2/c1-2-10-5-3-4-6-12(10)16-13-9-11(15)7-8-14(13)17(18)19/h7-10,12,16H,2-6H2,1H3. The summed E-state index contributed by atoms with van der Waals surface area (Å²) in [4.78, 5) is 10.7. The van der Waals surface area contributed by atoms with Crippen LogP contribution in [0, 0.1) is 16.0 Å². The predicted octanol–water partition coefficient (Wildman–Crippen LogP) is 4.63. The molecule has 104 valence electrons. The molecule has 0 amide bonds. The lowest BCUT2D eigenvalue weighted by atomic mass is 9.83. The van der Waals surface area contributed by atoms with Crippen LogP contribution in [0.4, 0.5) is 11.4 Å². The maximum Gasteiger partial charge on any atom is 0.292 e. The van der Waals surface area contributed by atoms with Crippen molar-refractivity contribution in [3.63, 3.8) is 0 Å². The number of halogens is 1. The van der Waals surface area contributed by atoms with Crippen molar-refractivity contribution in [3.05, 3.63) is 33.3 Å². The van der Waals surface area contributed by atoms with Crippen LogP contribution in [0.25, 0.3) is 0 Å². The van der Waals surface area contributed by atoms with Gasteiger partial charge in [0.1, 0.15) is 5.69 Å². The zero-order chi connectivity index (χ0) is 13.8. The second-order valence-corrected chi connectivity index (χ2v) is 5.56. The van der Waals surface area contributed by atoms with Gasteiger partial charge in [-0.3, -0.25) is 10.1 Å². The van der Waals surface area contributed by atoms with E-state index in [0.717, 1.165) is 12.8 Å². The van der Waals surface area contributed by atoms with Gasteiger partial charge in [0.2, 0.25) is 0 Å². The maximum absolute atomic E-state index is 11.0. The van der Waals surface area contributed by atoms with Crippen molar-refractivity contribution in [2.45, 2.75) is 45.1 Å². The summed E-state index contributed by atoms with van der Waals surface area (Å²) in [6.45, 7) is 2.18. The topological polar surface area (TPSA) is 55.2 Å². The van der Waals surface area contributed by atoms with E-state index in [4.69, 9.17) is 11.6 Å². The van der Waals surface area contributed by atoms with Gasteiger partial charge in [0.15, 0.2) is 0 Å². The average Bonchev–Trinajstić information content (AvgIpc) is 2.39. The van der Waals surface area contributed by atoms with Gasteiger partial charge in [0.25, 0.3) is 5.69 Å². The number of rotatable bonds is 4. The van der Waals surface area contributed by atoms with Crippen LogP contribution in [-0.2, 0) is 0 Å². The van der Waals surface area contributed by atoms with Crippen LogP contribution in [-0.4, -0.2) is 11.0 Å². The number of nitrogens with zero attached hydrogens (tertiary/aromatic N) is 1. The minimum absolute atomic E-state index is 0.102. The van der Waals surface area contributed by atoms with Crippen LogP contribution >= 0.6 is 11.6 Å². The van der Waals surface area contributed by atoms with Gasteiger partial charge in [-0.2, -0.15) is 0 Å². The monoisotopic (exact) mass is 282 g/mol. The van der Waals surface area contributed by atoms with Crippen LogP contribution in [0.3, 0.4) is 0 Å². The Morgan fingerprint density at radius 3 is 2.84 bits per heavy atom. The molecule has 4 nitrogen and oxygen atoms in total. The number of anilines is 1. The molecule has 5 heteroatoms. The second-order valence-electron chi connectivity index (χ2n) is 5.12. The van der Waals surface area contributed by atoms with Gasteiger partial charge in [0.05, 0.1) is 4.92 Å². The molecule has 2 rings (SSSR count). The Labute approximate surface area is 118 Å². The molecular weight excluding hydrogens is 264 g/mol. The van der Waals surface area contributed by atoms with Gasteiger partial charge < -0.3 is 5.32 Å². The highest BCUT2D eigenvalue weighted by molar-refractivity contribution is 6.31. The third-order valence-electron chi connectivity index (χ3n) is 3.93. The van der Waals surface area contributed by atoms with Crippen LogP contribution in [0.1, 0.15) is 39.0 Å². The molecular formula is C14H19ClN2O2. The summed E-state index contributed by atoms with van der Waals surface area (Å²) < 4.78 is 0. The van der Waals surface area contributed by atoms with Gasteiger partial charge in [-0.25, -0.2) is 0 Å². The molecule has 1 aliphatic carbocycles. The lowest BCUT2D eigenvalue weighted by Crippen LogP contribution is -2.32. The Morgan fingerprint density at radius 2 is 2.16 bits per heavy atom. The fraction of sp³-hybridized carbons (Fsp3) is 0.571. The van der Waals surface area contributed by atoms with E-state index in [1.54, 1.807) is 12.1 Å². The third kappa shape index (κ3) is 3.38. The molecule has 0 heterocycles. The second kappa shape index (κ2) is 6.24. The molecule has 1 fully saturated rings. The lowest BCUT2D eigenvalue weighted by Gasteiger charge is -2.32. The highest BCUT2D eigenvalue weighted by Crippen LogP contribution is 2.33. The summed E-state index contributed by atoms with van der Waals surface area (Å²) in [6, 6.07) is 4.99. The molecule has 0 aromatic heterocycles. The van der Waals surface area contributed by atoms with Crippen molar-refractivity contribution in [2.75, 3.05) is 5.32 Å². The molecule has 1 N–H and O–H groups in total. The van der Waals surface area contributed by atoms with Crippen molar-refractivity contribution in [1.29, 1.82) is 0 Å². The Kier molecular flexibility index (Phi) is 4.64. The molecule has 0 saturated heterocycles. The van der Waals surface area contributed by atoms with E-state index in [2.05, 4.69) is 12.2 Å². The molecule has 0 spiro atoms. The van der Waals surface area contributed by atoms with E-state index in [-0.39, 0.29) is 10.6 Å². The fourth-order valence-corrected chi connectivity index (χ4v) is 3.04. The number of benzene rings is 1. The molecule has 2 unspecified atom stereocenters. The van der Waals surface area contributed by atoms with Crippen molar-refractivity contribution < 1.29 is 4.92 Å².